The largest absolute Gasteiger partial charge is 0.444 e. The summed E-state index contributed by atoms with van der Waals surface area (Å²) in [6, 6.07) is -0.524. The monoisotopic (exact) mass is 302 g/mol. The lowest BCUT2D eigenvalue weighted by atomic mass is 9.96. The summed E-state index contributed by atoms with van der Waals surface area (Å²) in [7, 11) is 0. The number of amides is 3. The average Bonchev–Trinajstić information content (AvgIpc) is 2.29. The van der Waals surface area contributed by atoms with E-state index in [1.807, 2.05) is 20.8 Å². The van der Waals surface area contributed by atoms with Gasteiger partial charge >= 0.3 is 12.1 Å². The first-order valence-electron chi connectivity index (χ1n) is 7.32. The van der Waals surface area contributed by atoms with E-state index in [0.29, 0.717) is 25.6 Å². The van der Waals surface area contributed by atoms with Crippen LogP contribution in [0.4, 0.5) is 9.59 Å². The maximum atomic E-state index is 11.6. The fraction of sp³-hybridized carbons (Fsp3) is 0.857. The van der Waals surface area contributed by atoms with E-state index in [4.69, 9.17) is 10.5 Å². The van der Waals surface area contributed by atoms with Crippen LogP contribution in [0.1, 0.15) is 34.6 Å². The highest BCUT2D eigenvalue weighted by Gasteiger charge is 2.18. The Labute approximate surface area is 127 Å². The van der Waals surface area contributed by atoms with Crippen LogP contribution in [0.3, 0.4) is 0 Å². The van der Waals surface area contributed by atoms with Crippen molar-refractivity contribution in [1.29, 1.82) is 0 Å². The van der Waals surface area contributed by atoms with Crippen molar-refractivity contribution in [3.8, 4) is 0 Å². The van der Waals surface area contributed by atoms with Crippen LogP contribution in [0.15, 0.2) is 0 Å². The van der Waals surface area contributed by atoms with E-state index in [-0.39, 0.29) is 5.92 Å². The number of alkyl carbamates (subject to hydrolysis) is 1. The molecular formula is C14H30N4O3. The van der Waals surface area contributed by atoms with Gasteiger partial charge in [-0.3, -0.25) is 0 Å². The minimum atomic E-state index is -0.524. The van der Waals surface area contributed by atoms with Gasteiger partial charge in [0.05, 0.1) is 0 Å². The quantitative estimate of drug-likeness (QED) is 0.503. The molecule has 7 nitrogen and oxygen atoms in total. The van der Waals surface area contributed by atoms with Gasteiger partial charge in [-0.1, -0.05) is 13.8 Å². The van der Waals surface area contributed by atoms with Gasteiger partial charge in [0.1, 0.15) is 5.60 Å². The van der Waals surface area contributed by atoms with Crippen LogP contribution < -0.4 is 21.7 Å². The van der Waals surface area contributed by atoms with E-state index in [2.05, 4.69) is 29.8 Å². The summed E-state index contributed by atoms with van der Waals surface area (Å²) in [5, 5.41) is 8.53. The van der Waals surface area contributed by atoms with Crippen molar-refractivity contribution in [1.82, 2.24) is 16.0 Å². The molecule has 0 aromatic rings. The van der Waals surface area contributed by atoms with Gasteiger partial charge in [-0.15, -0.1) is 0 Å². The number of hydrogen-bond acceptors (Lipinski definition) is 4. The van der Waals surface area contributed by atoms with Crippen molar-refractivity contribution in [3.05, 3.63) is 0 Å². The minimum Gasteiger partial charge on any atom is -0.444 e. The number of carbonyl (C=O) groups is 2. The summed E-state index contributed by atoms with van der Waals surface area (Å²) in [5.41, 5.74) is 4.48. The standard InChI is InChI=1S/C14H30N4O3/c1-10(2)11(8-16-6-7-17-12(15)19)9-18-13(20)21-14(3,4)5/h10-11,16H,6-9H2,1-5H3,(H,18,20)(H3,15,17,19). The lowest BCUT2D eigenvalue weighted by Crippen LogP contribution is -2.41. The summed E-state index contributed by atoms with van der Waals surface area (Å²) in [6.07, 6.45) is -0.399. The van der Waals surface area contributed by atoms with Crippen LogP contribution in [0, 0.1) is 11.8 Å². The first-order valence-corrected chi connectivity index (χ1v) is 7.32. The second-order valence-electron chi connectivity index (χ2n) is 6.38. The molecule has 0 spiro atoms. The number of urea groups is 1. The Morgan fingerprint density at radius 3 is 2.19 bits per heavy atom. The van der Waals surface area contributed by atoms with Crippen LogP contribution in [-0.2, 0) is 4.74 Å². The molecule has 0 aromatic heterocycles. The molecular weight excluding hydrogens is 272 g/mol. The van der Waals surface area contributed by atoms with Crippen molar-refractivity contribution in [2.45, 2.75) is 40.2 Å². The highest BCUT2D eigenvalue weighted by molar-refractivity contribution is 5.71. The van der Waals surface area contributed by atoms with E-state index >= 15 is 0 Å². The van der Waals surface area contributed by atoms with Crippen LogP contribution in [0.5, 0.6) is 0 Å². The molecule has 0 radical (unpaired) electrons. The molecule has 21 heavy (non-hydrogen) atoms. The zero-order chi connectivity index (χ0) is 16.5. The van der Waals surface area contributed by atoms with Gasteiger partial charge in [-0.25, -0.2) is 9.59 Å². The molecule has 0 rings (SSSR count). The molecule has 124 valence electrons. The molecule has 3 amide bonds. The molecule has 1 atom stereocenters. The number of primary amides is 1. The molecule has 0 aliphatic rings. The third-order valence-corrected chi connectivity index (χ3v) is 2.86. The van der Waals surface area contributed by atoms with E-state index in [1.165, 1.54) is 0 Å². The van der Waals surface area contributed by atoms with Gasteiger partial charge in [0.25, 0.3) is 0 Å². The zero-order valence-corrected chi connectivity index (χ0v) is 13.8. The van der Waals surface area contributed by atoms with Crippen LogP contribution in [0.25, 0.3) is 0 Å². The van der Waals surface area contributed by atoms with Gasteiger partial charge in [0.15, 0.2) is 0 Å². The molecule has 0 aliphatic carbocycles. The summed E-state index contributed by atoms with van der Waals surface area (Å²) < 4.78 is 5.21. The Morgan fingerprint density at radius 1 is 1.10 bits per heavy atom. The smallest absolute Gasteiger partial charge is 0.407 e. The van der Waals surface area contributed by atoms with Gasteiger partial charge in [0, 0.05) is 19.6 Å². The first kappa shape index (κ1) is 19.5. The third-order valence-electron chi connectivity index (χ3n) is 2.86. The number of rotatable bonds is 8. The lowest BCUT2D eigenvalue weighted by molar-refractivity contribution is 0.0515. The van der Waals surface area contributed by atoms with Gasteiger partial charge in [-0.05, 0) is 39.2 Å². The fourth-order valence-corrected chi connectivity index (χ4v) is 1.63. The summed E-state index contributed by atoms with van der Waals surface area (Å²) in [5.74, 6) is 0.697. The molecule has 0 saturated heterocycles. The minimum absolute atomic E-state index is 0.283. The number of nitrogens with one attached hydrogen (secondary N) is 3. The Morgan fingerprint density at radius 2 is 1.71 bits per heavy atom. The zero-order valence-electron chi connectivity index (χ0n) is 13.8. The summed E-state index contributed by atoms with van der Waals surface area (Å²) >= 11 is 0. The van der Waals surface area contributed by atoms with Crippen molar-refractivity contribution in [2.75, 3.05) is 26.2 Å². The molecule has 0 fully saturated rings. The molecule has 0 bridgehead atoms. The second kappa shape index (κ2) is 9.44. The normalized spacial score (nSPS) is 12.9. The third kappa shape index (κ3) is 12.0. The van der Waals surface area contributed by atoms with Crippen LogP contribution >= 0.6 is 0 Å². The highest BCUT2D eigenvalue weighted by Crippen LogP contribution is 2.10. The highest BCUT2D eigenvalue weighted by atomic mass is 16.6. The van der Waals surface area contributed by atoms with E-state index in [9.17, 15) is 9.59 Å². The maximum Gasteiger partial charge on any atom is 0.407 e. The summed E-state index contributed by atoms with van der Waals surface area (Å²) in [4.78, 5) is 22.1. The SMILES string of the molecule is CC(C)C(CNCCNC(N)=O)CNC(=O)OC(C)(C)C. The van der Waals surface area contributed by atoms with Crippen LogP contribution in [0.2, 0.25) is 0 Å². The number of carbonyl (C=O) groups excluding carboxylic acids is 2. The molecule has 0 saturated carbocycles. The Hall–Kier alpha value is -1.50. The number of hydrogen-bond donors (Lipinski definition) is 4. The van der Waals surface area contributed by atoms with E-state index in [0.717, 1.165) is 6.54 Å². The first-order chi connectivity index (χ1) is 9.61. The fourth-order valence-electron chi connectivity index (χ4n) is 1.63. The van der Waals surface area contributed by atoms with Gasteiger partial charge in [0.2, 0.25) is 0 Å². The van der Waals surface area contributed by atoms with Crippen molar-refractivity contribution in [3.63, 3.8) is 0 Å². The molecule has 1 unspecified atom stereocenters. The molecule has 0 aliphatic heterocycles. The number of ether oxygens (including phenoxy) is 1. The Bertz CT molecular complexity index is 327. The van der Waals surface area contributed by atoms with Crippen molar-refractivity contribution < 1.29 is 14.3 Å². The van der Waals surface area contributed by atoms with Crippen molar-refractivity contribution >= 4 is 12.1 Å². The average molecular weight is 302 g/mol. The molecule has 7 heteroatoms. The topological polar surface area (TPSA) is 105 Å². The van der Waals surface area contributed by atoms with Gasteiger partial charge in [-0.2, -0.15) is 0 Å². The Kier molecular flexibility index (Phi) is 8.76. The van der Waals surface area contributed by atoms with Crippen molar-refractivity contribution in [2.24, 2.45) is 17.6 Å². The van der Waals surface area contributed by atoms with E-state index < -0.39 is 17.7 Å². The number of nitrogens with two attached hydrogens (primary N) is 1. The maximum absolute atomic E-state index is 11.6. The second-order valence-corrected chi connectivity index (χ2v) is 6.38. The predicted molar refractivity (Wildman–Crippen MR) is 83.0 cm³/mol. The van der Waals surface area contributed by atoms with Gasteiger partial charge < -0.3 is 26.4 Å². The lowest BCUT2D eigenvalue weighted by Gasteiger charge is -2.24. The Balaban J connectivity index is 3.97. The van der Waals surface area contributed by atoms with Crippen LogP contribution in [-0.4, -0.2) is 43.9 Å². The predicted octanol–water partition coefficient (Wildman–Crippen LogP) is 1.04. The molecule has 0 aromatic carbocycles. The molecule has 0 heterocycles. The summed E-state index contributed by atoms with van der Waals surface area (Å²) in [6.45, 7) is 12.1. The molecule has 5 N–H and O–H groups in total. The van der Waals surface area contributed by atoms with E-state index in [1.54, 1.807) is 0 Å².